The maximum atomic E-state index is 12.4. The van der Waals surface area contributed by atoms with Gasteiger partial charge in [0.05, 0.1) is 24.8 Å². The van der Waals surface area contributed by atoms with Gasteiger partial charge in [0, 0.05) is 12.5 Å². The number of esters is 3. The summed E-state index contributed by atoms with van der Waals surface area (Å²) in [6.45, 7) is -0.688. The zero-order valence-corrected chi connectivity index (χ0v) is 16.9. The van der Waals surface area contributed by atoms with Crippen molar-refractivity contribution in [1.82, 2.24) is 0 Å². The molecule has 2 rings (SSSR count). The first-order chi connectivity index (χ1) is 14.9. The average molecular weight is 428 g/mol. The maximum absolute atomic E-state index is 12.4. The lowest BCUT2D eigenvalue weighted by atomic mass is 10.1. The van der Waals surface area contributed by atoms with Gasteiger partial charge in [-0.05, 0) is 30.3 Å². The summed E-state index contributed by atoms with van der Waals surface area (Å²) < 4.78 is 15.3. The van der Waals surface area contributed by atoms with Crippen molar-refractivity contribution in [3.05, 3.63) is 83.9 Å². The van der Waals surface area contributed by atoms with Crippen LogP contribution in [0.2, 0.25) is 0 Å². The van der Waals surface area contributed by atoms with E-state index in [0.717, 1.165) is 6.08 Å². The van der Waals surface area contributed by atoms with Gasteiger partial charge in [-0.1, -0.05) is 36.4 Å². The largest absolute Gasteiger partial charge is 0.466 e. The Morgan fingerprint density at radius 3 is 1.90 bits per heavy atom. The molecule has 0 saturated carbocycles. The van der Waals surface area contributed by atoms with E-state index in [0.29, 0.717) is 0 Å². The van der Waals surface area contributed by atoms with Gasteiger partial charge in [-0.15, -0.1) is 0 Å². The van der Waals surface area contributed by atoms with Crippen LogP contribution in [0.3, 0.4) is 0 Å². The summed E-state index contributed by atoms with van der Waals surface area (Å²) in [5.74, 6) is -2.07. The molecule has 0 saturated heterocycles. The van der Waals surface area contributed by atoms with Crippen LogP contribution in [0, 0.1) is 0 Å². The number of aliphatic hydroxyl groups excluding tert-OH is 2. The summed E-state index contributed by atoms with van der Waals surface area (Å²) in [4.78, 5) is 36.3. The van der Waals surface area contributed by atoms with E-state index < -0.39 is 42.8 Å². The lowest BCUT2D eigenvalue weighted by Crippen LogP contribution is -2.37. The number of benzene rings is 2. The topological polar surface area (TPSA) is 119 Å². The molecule has 0 bridgehead atoms. The lowest BCUT2D eigenvalue weighted by molar-refractivity contribution is -0.134. The molecular weight excluding hydrogens is 404 g/mol. The van der Waals surface area contributed by atoms with Crippen molar-refractivity contribution in [3.8, 4) is 0 Å². The highest BCUT2D eigenvalue weighted by Crippen LogP contribution is 2.16. The molecule has 164 valence electrons. The second kappa shape index (κ2) is 12.3. The number of carbonyl (C=O) groups excluding carboxylic acids is 3. The van der Waals surface area contributed by atoms with Crippen LogP contribution in [0.1, 0.15) is 27.1 Å². The molecule has 2 aromatic rings. The van der Waals surface area contributed by atoms with Crippen LogP contribution in [-0.4, -0.2) is 60.1 Å². The van der Waals surface area contributed by atoms with E-state index in [2.05, 4.69) is 4.74 Å². The Kier molecular flexibility index (Phi) is 9.41. The minimum Gasteiger partial charge on any atom is -0.466 e. The fourth-order valence-corrected chi connectivity index (χ4v) is 2.61. The summed E-state index contributed by atoms with van der Waals surface area (Å²) in [6.07, 6.45) is -1.58. The number of rotatable bonds is 10. The molecule has 0 aliphatic carbocycles. The van der Waals surface area contributed by atoms with Gasteiger partial charge in [0.2, 0.25) is 0 Å². The summed E-state index contributed by atoms with van der Waals surface area (Å²) in [5.41, 5.74) is 0.528. The molecule has 0 amide bonds. The number of aliphatic hydroxyl groups is 2. The molecule has 8 heteroatoms. The fourth-order valence-electron chi connectivity index (χ4n) is 2.61. The van der Waals surface area contributed by atoms with E-state index in [1.165, 1.54) is 25.3 Å². The highest BCUT2D eigenvalue weighted by molar-refractivity contribution is 5.90. The van der Waals surface area contributed by atoms with Crippen LogP contribution in [-0.2, 0) is 19.0 Å². The minimum absolute atomic E-state index is 0.202. The van der Waals surface area contributed by atoms with E-state index in [1.807, 2.05) is 0 Å². The van der Waals surface area contributed by atoms with Crippen molar-refractivity contribution >= 4 is 17.9 Å². The fraction of sp³-hybridized carbons (Fsp3) is 0.261. The first kappa shape index (κ1) is 23.8. The highest BCUT2D eigenvalue weighted by atomic mass is 16.6. The summed E-state index contributed by atoms with van der Waals surface area (Å²) in [6, 6.07) is 16.3. The van der Waals surface area contributed by atoms with E-state index in [1.54, 1.807) is 48.5 Å². The quantitative estimate of drug-likeness (QED) is 0.335. The average Bonchev–Trinajstić information content (AvgIpc) is 2.82. The summed E-state index contributed by atoms with van der Waals surface area (Å²) in [7, 11) is 1.19. The Bertz CT molecular complexity index is 879. The number of methoxy groups -OCH3 is 1. The van der Waals surface area contributed by atoms with Crippen LogP contribution < -0.4 is 0 Å². The monoisotopic (exact) mass is 428 g/mol. The van der Waals surface area contributed by atoms with Gasteiger partial charge in [-0.2, -0.15) is 0 Å². The normalized spacial score (nSPS) is 13.8. The Morgan fingerprint density at radius 1 is 0.903 bits per heavy atom. The van der Waals surface area contributed by atoms with E-state index in [-0.39, 0.29) is 17.5 Å². The highest BCUT2D eigenvalue weighted by Gasteiger charge is 2.28. The van der Waals surface area contributed by atoms with Gasteiger partial charge in [0.25, 0.3) is 0 Å². The molecule has 0 radical (unpaired) electrons. The van der Waals surface area contributed by atoms with Crippen molar-refractivity contribution in [2.24, 2.45) is 0 Å². The van der Waals surface area contributed by atoms with Crippen molar-refractivity contribution in [1.29, 1.82) is 0 Å². The van der Waals surface area contributed by atoms with Crippen molar-refractivity contribution in [2.45, 2.75) is 24.7 Å². The van der Waals surface area contributed by atoms with E-state index >= 15 is 0 Å². The number of hydrogen-bond donors (Lipinski definition) is 2. The summed E-state index contributed by atoms with van der Waals surface area (Å²) in [5, 5.41) is 19.5. The van der Waals surface area contributed by atoms with Crippen molar-refractivity contribution in [3.63, 3.8) is 0 Å². The predicted molar refractivity (Wildman–Crippen MR) is 110 cm³/mol. The molecule has 3 atom stereocenters. The molecular formula is C23H24O8. The summed E-state index contributed by atoms with van der Waals surface area (Å²) >= 11 is 0. The van der Waals surface area contributed by atoms with Crippen LogP contribution in [0.25, 0.3) is 0 Å². The van der Waals surface area contributed by atoms with Gasteiger partial charge >= 0.3 is 17.9 Å². The third-order valence-electron chi connectivity index (χ3n) is 4.26. The van der Waals surface area contributed by atoms with Gasteiger partial charge in [0.1, 0.15) is 18.3 Å². The molecule has 0 aliphatic rings. The zero-order chi connectivity index (χ0) is 22.6. The molecule has 2 N–H and O–H groups in total. The molecule has 31 heavy (non-hydrogen) atoms. The molecule has 0 fully saturated rings. The SMILES string of the molecule is COC(=O)/C=C/[C@@H](C[C@@H](OC(=O)c1ccccc1)[C@@H](O)CO)OC(=O)c1ccccc1. The smallest absolute Gasteiger partial charge is 0.338 e. The maximum Gasteiger partial charge on any atom is 0.338 e. The third-order valence-corrected chi connectivity index (χ3v) is 4.26. The second-order valence-corrected chi connectivity index (χ2v) is 6.49. The van der Waals surface area contributed by atoms with Crippen LogP contribution in [0.4, 0.5) is 0 Å². The Morgan fingerprint density at radius 2 is 1.42 bits per heavy atom. The second-order valence-electron chi connectivity index (χ2n) is 6.49. The standard InChI is InChI=1S/C23H24O8/c1-29-21(26)13-12-18(30-22(27)16-8-4-2-5-9-16)14-20(19(25)15-24)31-23(28)17-10-6-3-7-11-17/h2-13,18-20,24-25H,14-15H2,1H3/b13-12+/t18-,19-,20+/m0/s1. The molecule has 8 nitrogen and oxygen atoms in total. The van der Waals surface area contributed by atoms with Crippen LogP contribution in [0.5, 0.6) is 0 Å². The van der Waals surface area contributed by atoms with Crippen LogP contribution >= 0.6 is 0 Å². The lowest BCUT2D eigenvalue weighted by Gasteiger charge is -2.25. The third kappa shape index (κ3) is 7.69. The predicted octanol–water partition coefficient (Wildman–Crippen LogP) is 1.91. The molecule has 0 aromatic heterocycles. The molecule has 0 spiro atoms. The first-order valence-corrected chi connectivity index (χ1v) is 9.51. The Balaban J connectivity index is 2.19. The van der Waals surface area contributed by atoms with E-state index in [4.69, 9.17) is 9.47 Å². The van der Waals surface area contributed by atoms with Crippen LogP contribution in [0.15, 0.2) is 72.8 Å². The van der Waals surface area contributed by atoms with Crippen molar-refractivity contribution < 1.29 is 38.8 Å². The minimum atomic E-state index is -1.43. The van der Waals surface area contributed by atoms with Crippen molar-refractivity contribution in [2.75, 3.05) is 13.7 Å². The Labute approximate surface area is 179 Å². The zero-order valence-electron chi connectivity index (χ0n) is 16.9. The number of carbonyl (C=O) groups is 3. The molecule has 2 aromatic carbocycles. The van der Waals surface area contributed by atoms with Gasteiger partial charge in [-0.25, -0.2) is 14.4 Å². The number of ether oxygens (including phenoxy) is 3. The Hall–Kier alpha value is -3.49. The van der Waals surface area contributed by atoms with Gasteiger partial charge in [-0.3, -0.25) is 0 Å². The molecule has 0 heterocycles. The van der Waals surface area contributed by atoms with Gasteiger partial charge in [0.15, 0.2) is 0 Å². The first-order valence-electron chi connectivity index (χ1n) is 9.51. The molecule has 0 aliphatic heterocycles. The van der Waals surface area contributed by atoms with Gasteiger partial charge < -0.3 is 24.4 Å². The van der Waals surface area contributed by atoms with E-state index in [9.17, 15) is 24.6 Å². The number of hydrogen-bond acceptors (Lipinski definition) is 8. The molecule has 0 unspecified atom stereocenters.